The number of hydrogen-bond donors (Lipinski definition) is 0. The van der Waals surface area contributed by atoms with Crippen molar-refractivity contribution in [2.24, 2.45) is 0 Å². The molecule has 2 rings (SSSR count). The Labute approximate surface area is 85.8 Å². The molecule has 0 aromatic carbocycles. The second kappa shape index (κ2) is 3.30. The monoisotopic (exact) mass is 235 g/mol. The Morgan fingerprint density at radius 3 is 2.67 bits per heavy atom. The lowest BCUT2D eigenvalue weighted by Gasteiger charge is -2.06. The van der Waals surface area contributed by atoms with Crippen molar-refractivity contribution >= 4 is 21.7 Å². The zero-order valence-electron chi connectivity index (χ0n) is 7.37. The van der Waals surface area contributed by atoms with Crippen LogP contribution in [0.2, 0.25) is 0 Å². The van der Waals surface area contributed by atoms with Crippen molar-refractivity contribution in [3.63, 3.8) is 0 Å². The van der Waals surface area contributed by atoms with E-state index in [1.165, 1.54) is 12.6 Å². The molecule has 0 saturated carbocycles. The van der Waals surface area contributed by atoms with E-state index < -0.39 is 12.0 Å². The van der Waals surface area contributed by atoms with Gasteiger partial charge in [-0.25, -0.2) is 9.97 Å². The first-order valence-electron chi connectivity index (χ1n) is 3.75. The highest BCUT2D eigenvalue weighted by molar-refractivity contribution is 7.17. The standard InChI is InChI=1S/C7H4F3N3OS/c1-14-5-3-4(11-2-15-3)12-6(13-5)7(8,9)10/h2H,1H3. The van der Waals surface area contributed by atoms with E-state index in [0.717, 1.165) is 11.3 Å². The number of methoxy groups -OCH3 is 1. The van der Waals surface area contributed by atoms with Gasteiger partial charge in [-0.3, -0.25) is 0 Å². The van der Waals surface area contributed by atoms with Crippen molar-refractivity contribution in [1.29, 1.82) is 0 Å². The molecular formula is C7H4F3N3OS. The third-order valence-electron chi connectivity index (χ3n) is 1.61. The number of halogens is 3. The second-order valence-electron chi connectivity index (χ2n) is 2.56. The highest BCUT2D eigenvalue weighted by atomic mass is 32.1. The number of nitrogens with zero attached hydrogens (tertiary/aromatic N) is 3. The highest BCUT2D eigenvalue weighted by Gasteiger charge is 2.36. The number of hydrogen-bond acceptors (Lipinski definition) is 5. The third kappa shape index (κ3) is 1.72. The normalized spacial score (nSPS) is 12.0. The van der Waals surface area contributed by atoms with Crippen LogP contribution in [-0.4, -0.2) is 22.1 Å². The topological polar surface area (TPSA) is 47.9 Å². The molecule has 0 bridgehead atoms. The molecule has 15 heavy (non-hydrogen) atoms. The quantitative estimate of drug-likeness (QED) is 0.759. The number of thiazole rings is 1. The molecule has 0 N–H and O–H groups in total. The molecule has 0 radical (unpaired) electrons. The van der Waals surface area contributed by atoms with Crippen LogP contribution < -0.4 is 4.74 Å². The minimum Gasteiger partial charge on any atom is -0.480 e. The summed E-state index contributed by atoms with van der Waals surface area (Å²) in [6.45, 7) is 0. The third-order valence-corrected chi connectivity index (χ3v) is 2.41. The first-order chi connectivity index (χ1) is 7.02. The smallest absolute Gasteiger partial charge is 0.451 e. The van der Waals surface area contributed by atoms with Crippen molar-refractivity contribution in [3.8, 4) is 5.88 Å². The molecule has 2 aromatic heterocycles. The van der Waals surface area contributed by atoms with Crippen molar-refractivity contribution in [3.05, 3.63) is 11.3 Å². The molecule has 2 heterocycles. The zero-order chi connectivity index (χ0) is 11.1. The van der Waals surface area contributed by atoms with Gasteiger partial charge in [0.2, 0.25) is 11.7 Å². The van der Waals surface area contributed by atoms with Crippen molar-refractivity contribution < 1.29 is 17.9 Å². The summed E-state index contributed by atoms with van der Waals surface area (Å²) in [5, 5.41) is 0. The molecule has 8 heteroatoms. The predicted octanol–water partition coefficient (Wildman–Crippen LogP) is 2.11. The van der Waals surface area contributed by atoms with E-state index >= 15 is 0 Å². The number of aromatic nitrogens is 3. The largest absolute Gasteiger partial charge is 0.480 e. The molecule has 0 aliphatic carbocycles. The summed E-state index contributed by atoms with van der Waals surface area (Å²) in [5.41, 5.74) is 1.39. The van der Waals surface area contributed by atoms with Gasteiger partial charge in [0.05, 0.1) is 12.6 Å². The van der Waals surface area contributed by atoms with Crippen LogP contribution in [0.5, 0.6) is 5.88 Å². The van der Waals surface area contributed by atoms with Crippen molar-refractivity contribution in [2.45, 2.75) is 6.18 Å². The summed E-state index contributed by atoms with van der Waals surface area (Å²) in [5.74, 6) is -1.34. The van der Waals surface area contributed by atoms with E-state index in [4.69, 9.17) is 4.74 Å². The van der Waals surface area contributed by atoms with Crippen LogP contribution >= 0.6 is 11.3 Å². The van der Waals surface area contributed by atoms with Gasteiger partial charge >= 0.3 is 6.18 Å². The van der Waals surface area contributed by atoms with Gasteiger partial charge < -0.3 is 4.74 Å². The molecule has 2 aromatic rings. The van der Waals surface area contributed by atoms with Crippen molar-refractivity contribution in [2.75, 3.05) is 7.11 Å². The summed E-state index contributed by atoms with van der Waals surface area (Å²) in [6.07, 6.45) is -4.59. The maximum absolute atomic E-state index is 12.3. The fraction of sp³-hybridized carbons (Fsp3) is 0.286. The molecule has 0 aliphatic heterocycles. The van der Waals surface area contributed by atoms with Gasteiger partial charge in [0, 0.05) is 0 Å². The van der Waals surface area contributed by atoms with Crippen LogP contribution in [0.3, 0.4) is 0 Å². The van der Waals surface area contributed by atoms with Gasteiger partial charge in [0.1, 0.15) is 4.70 Å². The van der Waals surface area contributed by atoms with Gasteiger partial charge in [-0.15, -0.1) is 11.3 Å². The number of fused-ring (bicyclic) bond motifs is 1. The maximum Gasteiger partial charge on any atom is 0.451 e. The van der Waals surface area contributed by atoms with Crippen LogP contribution in [0.15, 0.2) is 5.51 Å². The van der Waals surface area contributed by atoms with Crippen LogP contribution in [-0.2, 0) is 6.18 Å². The van der Waals surface area contributed by atoms with Crippen molar-refractivity contribution in [1.82, 2.24) is 15.0 Å². The van der Waals surface area contributed by atoms with Gasteiger partial charge in [0.15, 0.2) is 5.65 Å². The number of rotatable bonds is 1. The minimum absolute atomic E-state index is 0.000764. The molecule has 0 atom stereocenters. The molecular weight excluding hydrogens is 231 g/mol. The zero-order valence-corrected chi connectivity index (χ0v) is 8.19. The van der Waals surface area contributed by atoms with Gasteiger partial charge in [-0.2, -0.15) is 18.2 Å². The summed E-state index contributed by atoms with van der Waals surface area (Å²) < 4.78 is 42.1. The van der Waals surface area contributed by atoms with E-state index in [-0.39, 0.29) is 11.5 Å². The molecule has 0 spiro atoms. The molecule has 0 saturated heterocycles. The summed E-state index contributed by atoms with van der Waals surface area (Å²) in [7, 11) is 1.25. The van der Waals surface area contributed by atoms with Crippen LogP contribution in [0.25, 0.3) is 10.3 Å². The van der Waals surface area contributed by atoms with Gasteiger partial charge in [-0.05, 0) is 0 Å². The first-order valence-corrected chi connectivity index (χ1v) is 4.63. The molecule has 0 amide bonds. The lowest BCUT2D eigenvalue weighted by atomic mass is 10.5. The molecule has 0 fully saturated rings. The van der Waals surface area contributed by atoms with E-state index in [0.29, 0.717) is 4.70 Å². The summed E-state index contributed by atoms with van der Waals surface area (Å²) in [6, 6.07) is 0. The first kappa shape index (κ1) is 10.1. The highest BCUT2D eigenvalue weighted by Crippen LogP contribution is 2.32. The summed E-state index contributed by atoms with van der Waals surface area (Å²) in [4.78, 5) is 10.3. The van der Waals surface area contributed by atoms with Crippen LogP contribution in [0, 0.1) is 0 Å². The van der Waals surface area contributed by atoms with E-state index in [9.17, 15) is 13.2 Å². The van der Waals surface area contributed by atoms with Gasteiger partial charge in [0.25, 0.3) is 0 Å². The Hall–Kier alpha value is -1.44. The Morgan fingerprint density at radius 2 is 2.07 bits per heavy atom. The van der Waals surface area contributed by atoms with E-state index in [2.05, 4.69) is 15.0 Å². The van der Waals surface area contributed by atoms with Crippen LogP contribution in [0.1, 0.15) is 5.82 Å². The Bertz CT molecular complexity index is 496. The minimum atomic E-state index is -4.59. The second-order valence-corrected chi connectivity index (χ2v) is 3.41. The van der Waals surface area contributed by atoms with E-state index in [1.807, 2.05) is 0 Å². The molecule has 4 nitrogen and oxygen atoms in total. The Kier molecular flexibility index (Phi) is 2.22. The predicted molar refractivity (Wildman–Crippen MR) is 46.8 cm³/mol. The average molecular weight is 235 g/mol. The molecule has 80 valence electrons. The van der Waals surface area contributed by atoms with Gasteiger partial charge in [-0.1, -0.05) is 0 Å². The van der Waals surface area contributed by atoms with E-state index in [1.54, 1.807) is 0 Å². The van der Waals surface area contributed by atoms with Crippen LogP contribution in [0.4, 0.5) is 13.2 Å². The fourth-order valence-corrected chi connectivity index (χ4v) is 1.69. The lowest BCUT2D eigenvalue weighted by molar-refractivity contribution is -0.145. The SMILES string of the molecule is COc1nc(C(F)(F)F)nc2ncsc12. The average Bonchev–Trinajstić information content (AvgIpc) is 2.62. The lowest BCUT2D eigenvalue weighted by Crippen LogP contribution is -2.11. The summed E-state index contributed by atoms with van der Waals surface area (Å²) >= 11 is 1.13. The Balaban J connectivity index is 2.69. The molecule has 0 unspecified atom stereocenters. The fourth-order valence-electron chi connectivity index (χ4n) is 1.00. The maximum atomic E-state index is 12.3. The molecule has 0 aliphatic rings. The number of ether oxygens (including phenoxy) is 1. The Morgan fingerprint density at radius 1 is 1.33 bits per heavy atom. The number of alkyl halides is 3.